The number of nitrogens with zero attached hydrogens (tertiary/aromatic N) is 1. The Balaban J connectivity index is 1.53. The second-order valence-corrected chi connectivity index (χ2v) is 6.02. The summed E-state index contributed by atoms with van der Waals surface area (Å²) in [5.74, 6) is -0.171. The summed E-state index contributed by atoms with van der Waals surface area (Å²) in [6.07, 6.45) is -4.69. The minimum absolute atomic E-state index is 0.171. The molecule has 0 spiro atoms. The van der Waals surface area contributed by atoms with Crippen LogP contribution in [0.25, 0.3) is 0 Å². The van der Waals surface area contributed by atoms with Crippen LogP contribution in [0.1, 0.15) is 11.1 Å². The van der Waals surface area contributed by atoms with E-state index >= 15 is 0 Å². The van der Waals surface area contributed by atoms with Crippen molar-refractivity contribution in [2.45, 2.75) is 19.5 Å². The molecule has 140 valence electrons. The van der Waals surface area contributed by atoms with Crippen LogP contribution in [-0.2, 0) is 17.8 Å². The SMILES string of the molecule is FC(F)(F)Oc1ccccc1CNCc1ccc(N2CCOCC2)cc1. The third-order valence-electron chi connectivity index (χ3n) is 4.16. The quantitative estimate of drug-likeness (QED) is 0.845. The molecule has 0 atom stereocenters. The van der Waals surface area contributed by atoms with Crippen LogP contribution in [-0.4, -0.2) is 32.7 Å². The molecule has 0 radical (unpaired) electrons. The highest BCUT2D eigenvalue weighted by Crippen LogP contribution is 2.26. The van der Waals surface area contributed by atoms with E-state index in [1.165, 1.54) is 12.1 Å². The van der Waals surface area contributed by atoms with E-state index in [0.717, 1.165) is 37.6 Å². The van der Waals surface area contributed by atoms with Crippen LogP contribution in [0.2, 0.25) is 0 Å². The largest absolute Gasteiger partial charge is 0.573 e. The Kier molecular flexibility index (Phi) is 6.00. The van der Waals surface area contributed by atoms with Crippen LogP contribution in [0.3, 0.4) is 0 Å². The molecule has 2 aromatic rings. The second-order valence-electron chi connectivity index (χ2n) is 6.02. The number of rotatable bonds is 6. The van der Waals surface area contributed by atoms with Crippen molar-refractivity contribution >= 4 is 5.69 Å². The van der Waals surface area contributed by atoms with Crippen LogP contribution < -0.4 is 15.0 Å². The molecule has 1 aliphatic rings. The van der Waals surface area contributed by atoms with Crippen LogP contribution >= 0.6 is 0 Å². The van der Waals surface area contributed by atoms with E-state index in [-0.39, 0.29) is 12.3 Å². The van der Waals surface area contributed by atoms with Gasteiger partial charge in [0.05, 0.1) is 13.2 Å². The van der Waals surface area contributed by atoms with E-state index in [2.05, 4.69) is 27.1 Å². The first-order valence-electron chi connectivity index (χ1n) is 8.47. The number of nitrogens with one attached hydrogen (secondary N) is 1. The average molecular weight is 366 g/mol. The highest BCUT2D eigenvalue weighted by molar-refractivity contribution is 5.48. The Bertz CT molecular complexity index is 699. The molecule has 0 bridgehead atoms. The Morgan fingerprint density at radius 1 is 0.962 bits per heavy atom. The number of hydrogen-bond acceptors (Lipinski definition) is 4. The van der Waals surface area contributed by atoms with E-state index in [1.54, 1.807) is 12.1 Å². The monoisotopic (exact) mass is 366 g/mol. The first-order valence-corrected chi connectivity index (χ1v) is 8.47. The van der Waals surface area contributed by atoms with Gasteiger partial charge in [0.2, 0.25) is 0 Å². The molecule has 4 nitrogen and oxygen atoms in total. The highest BCUT2D eigenvalue weighted by Gasteiger charge is 2.31. The van der Waals surface area contributed by atoms with E-state index < -0.39 is 6.36 Å². The van der Waals surface area contributed by atoms with Gasteiger partial charge < -0.3 is 19.7 Å². The summed E-state index contributed by atoms with van der Waals surface area (Å²) < 4.78 is 46.7. The van der Waals surface area contributed by atoms with Crippen molar-refractivity contribution in [2.24, 2.45) is 0 Å². The Morgan fingerprint density at radius 2 is 1.65 bits per heavy atom. The predicted molar refractivity (Wildman–Crippen MR) is 93.1 cm³/mol. The van der Waals surface area contributed by atoms with E-state index in [4.69, 9.17) is 4.74 Å². The molecule has 1 saturated heterocycles. The third-order valence-corrected chi connectivity index (χ3v) is 4.16. The van der Waals surface area contributed by atoms with Gasteiger partial charge in [0.15, 0.2) is 0 Å². The van der Waals surface area contributed by atoms with Crippen LogP contribution in [0.5, 0.6) is 5.75 Å². The van der Waals surface area contributed by atoms with Gasteiger partial charge >= 0.3 is 6.36 Å². The van der Waals surface area contributed by atoms with Crippen molar-refractivity contribution < 1.29 is 22.6 Å². The fraction of sp³-hybridized carbons (Fsp3) is 0.368. The minimum Gasteiger partial charge on any atom is -0.405 e. The Labute approximate surface area is 150 Å². The summed E-state index contributed by atoms with van der Waals surface area (Å²) in [5.41, 5.74) is 2.69. The molecule has 1 heterocycles. The Hall–Kier alpha value is -2.25. The number of ether oxygens (including phenoxy) is 2. The number of hydrogen-bond donors (Lipinski definition) is 1. The van der Waals surface area contributed by atoms with Gasteiger partial charge in [-0.25, -0.2) is 0 Å². The Morgan fingerprint density at radius 3 is 2.35 bits per heavy atom. The first kappa shape index (κ1) is 18.5. The zero-order chi connectivity index (χ0) is 18.4. The van der Waals surface area contributed by atoms with Crippen molar-refractivity contribution in [1.29, 1.82) is 0 Å². The third kappa shape index (κ3) is 5.37. The highest BCUT2D eigenvalue weighted by atomic mass is 19.4. The predicted octanol–water partition coefficient (Wildman–Crippen LogP) is 3.71. The summed E-state index contributed by atoms with van der Waals surface area (Å²) in [6, 6.07) is 14.3. The summed E-state index contributed by atoms with van der Waals surface area (Å²) in [5, 5.41) is 3.16. The van der Waals surface area contributed by atoms with Crippen molar-refractivity contribution in [1.82, 2.24) is 5.32 Å². The minimum atomic E-state index is -4.69. The molecule has 3 rings (SSSR count). The maximum absolute atomic E-state index is 12.4. The maximum atomic E-state index is 12.4. The van der Waals surface area contributed by atoms with E-state index in [9.17, 15) is 13.2 Å². The molecule has 1 fully saturated rings. The smallest absolute Gasteiger partial charge is 0.405 e. The molecule has 26 heavy (non-hydrogen) atoms. The van der Waals surface area contributed by atoms with Crippen molar-refractivity contribution in [3.05, 3.63) is 59.7 Å². The molecule has 0 amide bonds. The van der Waals surface area contributed by atoms with Gasteiger partial charge in [-0.1, -0.05) is 30.3 Å². The molecule has 0 aliphatic carbocycles. The van der Waals surface area contributed by atoms with Gasteiger partial charge in [-0.15, -0.1) is 13.2 Å². The number of anilines is 1. The van der Waals surface area contributed by atoms with Crippen molar-refractivity contribution in [3.8, 4) is 5.75 Å². The molecular formula is C19H21F3N2O2. The summed E-state index contributed by atoms with van der Waals surface area (Å²) >= 11 is 0. The summed E-state index contributed by atoms with van der Waals surface area (Å²) in [4.78, 5) is 2.27. The first-order chi connectivity index (χ1) is 12.5. The lowest BCUT2D eigenvalue weighted by Gasteiger charge is -2.28. The lowest BCUT2D eigenvalue weighted by Crippen LogP contribution is -2.36. The standard InChI is InChI=1S/C19H21F3N2O2/c20-19(21,22)26-18-4-2-1-3-16(18)14-23-13-15-5-7-17(8-6-15)24-9-11-25-12-10-24/h1-8,23H,9-14H2. The van der Waals surface area contributed by atoms with Gasteiger partial charge in [0, 0.05) is 37.4 Å². The summed E-state index contributed by atoms with van der Waals surface area (Å²) in [6.45, 7) is 4.09. The van der Waals surface area contributed by atoms with Gasteiger partial charge in [0.1, 0.15) is 5.75 Å². The number of halogens is 3. The van der Waals surface area contributed by atoms with Crippen LogP contribution in [0, 0.1) is 0 Å². The molecule has 1 N–H and O–H groups in total. The van der Waals surface area contributed by atoms with Gasteiger partial charge in [-0.2, -0.15) is 0 Å². The van der Waals surface area contributed by atoms with Crippen molar-refractivity contribution in [3.63, 3.8) is 0 Å². The fourth-order valence-corrected chi connectivity index (χ4v) is 2.86. The normalized spacial score (nSPS) is 15.1. The second kappa shape index (κ2) is 8.42. The topological polar surface area (TPSA) is 33.7 Å². The number of alkyl halides is 3. The molecule has 0 aromatic heterocycles. The molecule has 0 unspecified atom stereocenters. The van der Waals surface area contributed by atoms with E-state index in [1.807, 2.05) is 12.1 Å². The van der Waals surface area contributed by atoms with Gasteiger partial charge in [-0.05, 0) is 23.8 Å². The van der Waals surface area contributed by atoms with Crippen molar-refractivity contribution in [2.75, 3.05) is 31.2 Å². The van der Waals surface area contributed by atoms with Crippen LogP contribution in [0.15, 0.2) is 48.5 Å². The summed E-state index contributed by atoms with van der Waals surface area (Å²) in [7, 11) is 0. The fourth-order valence-electron chi connectivity index (χ4n) is 2.86. The average Bonchev–Trinajstić information content (AvgIpc) is 2.63. The molecule has 2 aromatic carbocycles. The number of benzene rings is 2. The molecule has 7 heteroatoms. The molecule has 1 aliphatic heterocycles. The molecule has 0 saturated carbocycles. The number of para-hydroxylation sites is 1. The van der Waals surface area contributed by atoms with Gasteiger partial charge in [-0.3, -0.25) is 0 Å². The lowest BCUT2D eigenvalue weighted by molar-refractivity contribution is -0.274. The maximum Gasteiger partial charge on any atom is 0.573 e. The van der Waals surface area contributed by atoms with Crippen LogP contribution in [0.4, 0.5) is 18.9 Å². The molecular weight excluding hydrogens is 345 g/mol. The van der Waals surface area contributed by atoms with E-state index in [0.29, 0.717) is 12.1 Å². The van der Waals surface area contributed by atoms with Gasteiger partial charge in [0.25, 0.3) is 0 Å². The zero-order valence-corrected chi connectivity index (χ0v) is 14.3. The lowest BCUT2D eigenvalue weighted by atomic mass is 10.1. The zero-order valence-electron chi connectivity index (χ0n) is 14.3. The number of morpholine rings is 1.